The fourth-order valence-corrected chi connectivity index (χ4v) is 2.06. The van der Waals surface area contributed by atoms with Gasteiger partial charge in [0.05, 0.1) is 17.4 Å². The third-order valence-corrected chi connectivity index (χ3v) is 3.21. The summed E-state index contributed by atoms with van der Waals surface area (Å²) in [6, 6.07) is 6.38. The first-order chi connectivity index (χ1) is 8.79. The second kappa shape index (κ2) is 6.52. The van der Waals surface area contributed by atoms with E-state index in [2.05, 4.69) is 40.1 Å². The van der Waals surface area contributed by atoms with Gasteiger partial charge in [-0.2, -0.15) is 0 Å². The van der Waals surface area contributed by atoms with Crippen LogP contribution in [0.25, 0.3) is 11.0 Å². The average Bonchev–Trinajstić information content (AvgIpc) is 2.84. The molecule has 2 rings (SSSR count). The zero-order valence-corrected chi connectivity index (χ0v) is 10.9. The minimum absolute atomic E-state index is 0.296. The fraction of sp³-hybridized carbons (Fsp3) is 0.500. The number of hydrogen-bond acceptors (Lipinski definition) is 3. The van der Waals surface area contributed by atoms with E-state index in [0.717, 1.165) is 43.4 Å². The number of unbranched alkanes of at least 4 members (excludes halogenated alkanes) is 1. The number of hydrogen-bond donors (Lipinski definition) is 2. The van der Waals surface area contributed by atoms with Gasteiger partial charge in [-0.05, 0) is 50.6 Å². The van der Waals surface area contributed by atoms with Crippen LogP contribution in [-0.4, -0.2) is 46.7 Å². The molecule has 0 aliphatic rings. The van der Waals surface area contributed by atoms with Gasteiger partial charge in [0.15, 0.2) is 0 Å². The number of likely N-dealkylation sites (N-methyl/N-ethyl adjacent to an activating group) is 1. The Hall–Kier alpha value is -1.39. The molecule has 0 unspecified atom stereocenters. The zero-order valence-electron chi connectivity index (χ0n) is 10.9. The highest BCUT2D eigenvalue weighted by Crippen LogP contribution is 2.12. The summed E-state index contributed by atoms with van der Waals surface area (Å²) in [5, 5.41) is 8.74. The number of rotatable bonds is 7. The van der Waals surface area contributed by atoms with Crippen molar-refractivity contribution in [1.82, 2.24) is 14.9 Å². The smallest absolute Gasteiger partial charge is 0.0931 e. The van der Waals surface area contributed by atoms with Crippen molar-refractivity contribution in [2.45, 2.75) is 19.3 Å². The van der Waals surface area contributed by atoms with E-state index < -0.39 is 0 Å². The van der Waals surface area contributed by atoms with Crippen molar-refractivity contribution < 1.29 is 5.11 Å². The molecule has 0 saturated carbocycles. The molecular formula is C14H21N3O. The summed E-state index contributed by atoms with van der Waals surface area (Å²) >= 11 is 0. The van der Waals surface area contributed by atoms with Crippen LogP contribution >= 0.6 is 0 Å². The lowest BCUT2D eigenvalue weighted by atomic mass is 10.1. The molecule has 1 aromatic carbocycles. The third kappa shape index (κ3) is 3.55. The van der Waals surface area contributed by atoms with Crippen molar-refractivity contribution in [3.05, 3.63) is 30.1 Å². The largest absolute Gasteiger partial charge is 0.396 e. The van der Waals surface area contributed by atoms with E-state index in [1.165, 1.54) is 5.56 Å². The maximum atomic E-state index is 8.74. The normalized spacial score (nSPS) is 11.5. The van der Waals surface area contributed by atoms with Gasteiger partial charge in [-0.15, -0.1) is 0 Å². The molecule has 0 fully saturated rings. The topological polar surface area (TPSA) is 52.1 Å². The lowest BCUT2D eigenvalue weighted by molar-refractivity contribution is 0.264. The molecule has 0 bridgehead atoms. The number of aliphatic hydroxyl groups is 1. The molecule has 0 aliphatic carbocycles. The molecule has 1 heterocycles. The molecular weight excluding hydrogens is 226 g/mol. The first-order valence-electron chi connectivity index (χ1n) is 6.51. The molecule has 0 radical (unpaired) electrons. The van der Waals surface area contributed by atoms with Crippen molar-refractivity contribution in [3.8, 4) is 0 Å². The second-order valence-electron chi connectivity index (χ2n) is 4.74. The van der Waals surface area contributed by atoms with Gasteiger partial charge in [-0.25, -0.2) is 4.98 Å². The summed E-state index contributed by atoms with van der Waals surface area (Å²) in [5.41, 5.74) is 3.46. The molecule has 2 aromatic rings. The van der Waals surface area contributed by atoms with Crippen LogP contribution in [0.15, 0.2) is 24.5 Å². The molecule has 4 nitrogen and oxygen atoms in total. The monoisotopic (exact) mass is 247 g/mol. The van der Waals surface area contributed by atoms with E-state index in [1.54, 1.807) is 6.33 Å². The van der Waals surface area contributed by atoms with E-state index in [-0.39, 0.29) is 0 Å². The predicted molar refractivity (Wildman–Crippen MR) is 73.6 cm³/mol. The van der Waals surface area contributed by atoms with E-state index in [9.17, 15) is 0 Å². The SMILES string of the molecule is CN(CCCCO)CCc1ccc2nc[nH]c2c1. The Labute approximate surface area is 108 Å². The highest BCUT2D eigenvalue weighted by Gasteiger charge is 2.01. The Kier molecular flexibility index (Phi) is 4.73. The molecule has 18 heavy (non-hydrogen) atoms. The summed E-state index contributed by atoms with van der Waals surface area (Å²) in [5.74, 6) is 0. The Bertz CT molecular complexity index is 481. The van der Waals surface area contributed by atoms with Gasteiger partial charge in [0.25, 0.3) is 0 Å². The number of aromatic amines is 1. The number of H-pyrrole nitrogens is 1. The van der Waals surface area contributed by atoms with Crippen molar-refractivity contribution in [2.24, 2.45) is 0 Å². The molecule has 0 atom stereocenters. The minimum Gasteiger partial charge on any atom is -0.396 e. The Morgan fingerprint density at radius 3 is 3.00 bits per heavy atom. The highest BCUT2D eigenvalue weighted by atomic mass is 16.2. The van der Waals surface area contributed by atoms with Crippen LogP contribution in [0.1, 0.15) is 18.4 Å². The fourth-order valence-electron chi connectivity index (χ4n) is 2.06. The summed E-state index contributed by atoms with van der Waals surface area (Å²) in [7, 11) is 2.13. The average molecular weight is 247 g/mol. The third-order valence-electron chi connectivity index (χ3n) is 3.21. The van der Waals surface area contributed by atoms with Crippen molar-refractivity contribution in [3.63, 3.8) is 0 Å². The number of aromatic nitrogens is 2. The summed E-state index contributed by atoms with van der Waals surface area (Å²) in [4.78, 5) is 9.66. The molecule has 0 amide bonds. The van der Waals surface area contributed by atoms with Crippen molar-refractivity contribution >= 4 is 11.0 Å². The number of nitrogens with one attached hydrogen (secondary N) is 1. The van der Waals surface area contributed by atoms with Crippen LogP contribution < -0.4 is 0 Å². The standard InChI is InChI=1S/C14H21N3O/c1-17(7-2-3-9-18)8-6-12-4-5-13-14(10-12)16-11-15-13/h4-5,10-11,18H,2-3,6-9H2,1H3,(H,15,16). The van der Waals surface area contributed by atoms with Gasteiger partial charge in [0.1, 0.15) is 0 Å². The lowest BCUT2D eigenvalue weighted by Crippen LogP contribution is -2.22. The first kappa shape index (κ1) is 13.1. The van der Waals surface area contributed by atoms with Gasteiger partial charge >= 0.3 is 0 Å². The van der Waals surface area contributed by atoms with Crippen LogP contribution in [0.2, 0.25) is 0 Å². The molecule has 0 saturated heterocycles. The quantitative estimate of drug-likeness (QED) is 0.734. The Morgan fingerprint density at radius 1 is 1.28 bits per heavy atom. The molecule has 1 aromatic heterocycles. The number of aliphatic hydroxyl groups excluding tert-OH is 1. The number of benzene rings is 1. The molecule has 4 heteroatoms. The van der Waals surface area contributed by atoms with Crippen LogP contribution in [0.4, 0.5) is 0 Å². The van der Waals surface area contributed by atoms with Crippen LogP contribution in [-0.2, 0) is 6.42 Å². The highest BCUT2D eigenvalue weighted by molar-refractivity contribution is 5.75. The number of imidazole rings is 1. The van der Waals surface area contributed by atoms with Gasteiger partial charge in [0.2, 0.25) is 0 Å². The van der Waals surface area contributed by atoms with Crippen molar-refractivity contribution in [2.75, 3.05) is 26.7 Å². The van der Waals surface area contributed by atoms with E-state index in [0.29, 0.717) is 6.61 Å². The maximum absolute atomic E-state index is 8.74. The predicted octanol–water partition coefficient (Wildman–Crippen LogP) is 1.81. The van der Waals surface area contributed by atoms with E-state index >= 15 is 0 Å². The first-order valence-corrected chi connectivity index (χ1v) is 6.51. The molecule has 0 spiro atoms. The number of nitrogens with zero attached hydrogens (tertiary/aromatic N) is 2. The maximum Gasteiger partial charge on any atom is 0.0931 e. The lowest BCUT2D eigenvalue weighted by Gasteiger charge is -2.16. The Balaban J connectivity index is 1.81. The molecule has 2 N–H and O–H groups in total. The molecule has 98 valence electrons. The van der Waals surface area contributed by atoms with Gasteiger partial charge in [0, 0.05) is 13.2 Å². The zero-order chi connectivity index (χ0) is 12.8. The van der Waals surface area contributed by atoms with E-state index in [4.69, 9.17) is 5.11 Å². The van der Waals surface area contributed by atoms with Crippen LogP contribution in [0.5, 0.6) is 0 Å². The van der Waals surface area contributed by atoms with Crippen molar-refractivity contribution in [1.29, 1.82) is 0 Å². The summed E-state index contributed by atoms with van der Waals surface area (Å²) < 4.78 is 0. The number of fused-ring (bicyclic) bond motifs is 1. The Morgan fingerprint density at radius 2 is 2.17 bits per heavy atom. The van der Waals surface area contributed by atoms with Gasteiger partial charge in [-0.3, -0.25) is 0 Å². The van der Waals surface area contributed by atoms with E-state index in [1.807, 2.05) is 0 Å². The van der Waals surface area contributed by atoms with Gasteiger partial charge < -0.3 is 15.0 Å². The van der Waals surface area contributed by atoms with Crippen LogP contribution in [0.3, 0.4) is 0 Å². The molecule has 0 aliphatic heterocycles. The minimum atomic E-state index is 0.296. The summed E-state index contributed by atoms with van der Waals surface area (Å²) in [6.07, 6.45) is 4.73. The summed E-state index contributed by atoms with van der Waals surface area (Å²) in [6.45, 7) is 2.39. The van der Waals surface area contributed by atoms with Crippen LogP contribution in [0, 0.1) is 0 Å². The van der Waals surface area contributed by atoms with Gasteiger partial charge in [-0.1, -0.05) is 6.07 Å². The second-order valence-corrected chi connectivity index (χ2v) is 4.74.